The maximum Gasteiger partial charge on any atom is 0.0762 e. The minimum Gasteiger partial charge on any atom is -0.307 e. The van der Waals surface area contributed by atoms with E-state index in [1.165, 1.54) is 37.7 Å². The Morgan fingerprint density at radius 1 is 1.10 bits per heavy atom. The Hall–Kier alpha value is -1.13. The van der Waals surface area contributed by atoms with Gasteiger partial charge in [0.05, 0.1) is 11.7 Å². The Morgan fingerprint density at radius 3 is 2.71 bits per heavy atom. The minimum absolute atomic E-state index is 0.621. The molecule has 1 saturated carbocycles. The van der Waals surface area contributed by atoms with E-state index in [2.05, 4.69) is 56.4 Å². The summed E-state index contributed by atoms with van der Waals surface area (Å²) in [6.45, 7) is 1.68. The first-order chi connectivity index (χ1) is 10.3. The van der Waals surface area contributed by atoms with E-state index in [0.29, 0.717) is 6.04 Å². The molecule has 3 nitrogen and oxygen atoms in total. The van der Waals surface area contributed by atoms with Crippen molar-refractivity contribution in [3.63, 3.8) is 0 Å². The second-order valence-electron chi connectivity index (χ2n) is 5.77. The number of hydrogen-bond acceptors (Lipinski definition) is 2. The normalized spacial score (nSPS) is 16.2. The third-order valence-corrected chi connectivity index (χ3v) is 4.97. The van der Waals surface area contributed by atoms with Crippen LogP contribution in [0.1, 0.15) is 49.4 Å². The van der Waals surface area contributed by atoms with Crippen LogP contribution in [-0.2, 0) is 13.1 Å². The lowest BCUT2D eigenvalue weighted by molar-refractivity contribution is 0.327. The van der Waals surface area contributed by atoms with Crippen molar-refractivity contribution in [1.82, 2.24) is 15.1 Å². The van der Waals surface area contributed by atoms with Crippen molar-refractivity contribution in [2.45, 2.75) is 51.2 Å². The Balaban J connectivity index is 1.52. The number of halogens is 1. The summed E-state index contributed by atoms with van der Waals surface area (Å²) in [6, 6.07) is 11.1. The molecule has 0 radical (unpaired) electrons. The predicted molar refractivity (Wildman–Crippen MR) is 89.0 cm³/mol. The van der Waals surface area contributed by atoms with Crippen LogP contribution in [0.4, 0.5) is 0 Å². The van der Waals surface area contributed by atoms with E-state index in [-0.39, 0.29) is 0 Å². The second-order valence-corrected chi connectivity index (χ2v) is 6.63. The number of hydrogen-bond donors (Lipinski definition) is 1. The van der Waals surface area contributed by atoms with E-state index in [0.717, 1.165) is 23.3 Å². The standard InChI is InChI=1S/C17H22BrN3/c18-17-9-5-4-6-14(17)12-19-13-15-10-11-21(20-15)16-7-2-1-3-8-16/h4-6,9-11,16,19H,1-3,7-8,12-13H2. The maximum absolute atomic E-state index is 4.73. The zero-order chi connectivity index (χ0) is 14.5. The van der Waals surface area contributed by atoms with Crippen LogP contribution in [0.25, 0.3) is 0 Å². The second kappa shape index (κ2) is 7.23. The lowest BCUT2D eigenvalue weighted by atomic mass is 9.96. The fourth-order valence-electron chi connectivity index (χ4n) is 2.99. The van der Waals surface area contributed by atoms with Gasteiger partial charge in [-0.25, -0.2) is 0 Å². The van der Waals surface area contributed by atoms with Gasteiger partial charge >= 0.3 is 0 Å². The van der Waals surface area contributed by atoms with Crippen LogP contribution in [0.3, 0.4) is 0 Å². The molecule has 4 heteroatoms. The van der Waals surface area contributed by atoms with Crippen molar-refractivity contribution in [2.24, 2.45) is 0 Å². The van der Waals surface area contributed by atoms with Gasteiger partial charge in [0.15, 0.2) is 0 Å². The number of rotatable bonds is 5. The predicted octanol–water partition coefficient (Wildman–Crippen LogP) is 4.44. The molecule has 112 valence electrons. The first kappa shape index (κ1) is 14.8. The molecule has 0 spiro atoms. The first-order valence-corrected chi connectivity index (χ1v) is 8.60. The fraction of sp³-hybridized carbons (Fsp3) is 0.471. The van der Waals surface area contributed by atoms with E-state index in [1.54, 1.807) is 0 Å². The Bertz CT molecular complexity index is 573. The Labute approximate surface area is 134 Å². The van der Waals surface area contributed by atoms with Gasteiger partial charge in [0.2, 0.25) is 0 Å². The van der Waals surface area contributed by atoms with Crippen LogP contribution >= 0.6 is 15.9 Å². The van der Waals surface area contributed by atoms with Gasteiger partial charge in [-0.05, 0) is 30.5 Å². The molecule has 1 heterocycles. The van der Waals surface area contributed by atoms with Gasteiger partial charge in [0.1, 0.15) is 0 Å². The molecule has 1 aromatic heterocycles. The molecule has 21 heavy (non-hydrogen) atoms. The molecule has 1 aliphatic rings. The van der Waals surface area contributed by atoms with E-state index in [9.17, 15) is 0 Å². The van der Waals surface area contributed by atoms with Crippen molar-refractivity contribution >= 4 is 15.9 Å². The number of nitrogens with zero attached hydrogens (tertiary/aromatic N) is 2. The molecule has 1 aliphatic carbocycles. The molecule has 1 N–H and O–H groups in total. The molecule has 0 aliphatic heterocycles. The summed E-state index contributed by atoms with van der Waals surface area (Å²) >= 11 is 3.58. The lowest BCUT2D eigenvalue weighted by Gasteiger charge is -2.21. The van der Waals surface area contributed by atoms with Crippen molar-refractivity contribution in [3.05, 3.63) is 52.3 Å². The zero-order valence-electron chi connectivity index (χ0n) is 12.3. The summed E-state index contributed by atoms with van der Waals surface area (Å²) in [5, 5.41) is 8.20. The first-order valence-electron chi connectivity index (χ1n) is 7.81. The molecule has 1 fully saturated rings. The number of benzene rings is 1. The molecule has 0 atom stereocenters. The van der Waals surface area contributed by atoms with Crippen molar-refractivity contribution in [2.75, 3.05) is 0 Å². The lowest BCUT2D eigenvalue weighted by Crippen LogP contribution is -2.16. The van der Waals surface area contributed by atoms with Crippen molar-refractivity contribution in [3.8, 4) is 0 Å². The minimum atomic E-state index is 0.621. The zero-order valence-corrected chi connectivity index (χ0v) is 13.8. The van der Waals surface area contributed by atoms with Gasteiger partial charge in [0.25, 0.3) is 0 Å². The Morgan fingerprint density at radius 2 is 1.90 bits per heavy atom. The summed E-state index contributed by atoms with van der Waals surface area (Å²) in [5.74, 6) is 0. The molecular formula is C17H22BrN3. The summed E-state index contributed by atoms with van der Waals surface area (Å²) in [6.07, 6.45) is 8.79. The monoisotopic (exact) mass is 347 g/mol. The van der Waals surface area contributed by atoms with Crippen LogP contribution in [0.2, 0.25) is 0 Å². The van der Waals surface area contributed by atoms with Crippen molar-refractivity contribution < 1.29 is 0 Å². The van der Waals surface area contributed by atoms with E-state index in [1.807, 2.05) is 6.07 Å². The quantitative estimate of drug-likeness (QED) is 0.866. The third kappa shape index (κ3) is 3.95. The van der Waals surface area contributed by atoms with Gasteiger partial charge in [-0.2, -0.15) is 5.10 Å². The summed E-state index contributed by atoms with van der Waals surface area (Å²) < 4.78 is 3.33. The van der Waals surface area contributed by atoms with Crippen molar-refractivity contribution in [1.29, 1.82) is 0 Å². The van der Waals surface area contributed by atoms with Crippen LogP contribution in [0.15, 0.2) is 41.0 Å². The van der Waals surface area contributed by atoms with Crippen LogP contribution in [-0.4, -0.2) is 9.78 Å². The summed E-state index contributed by atoms with van der Waals surface area (Å²) in [4.78, 5) is 0. The molecule has 0 unspecified atom stereocenters. The number of aromatic nitrogens is 2. The van der Waals surface area contributed by atoms with Crippen LogP contribution in [0.5, 0.6) is 0 Å². The van der Waals surface area contributed by atoms with Gasteiger partial charge in [0, 0.05) is 23.8 Å². The third-order valence-electron chi connectivity index (χ3n) is 4.19. The maximum atomic E-state index is 4.73. The molecule has 2 aromatic rings. The largest absolute Gasteiger partial charge is 0.307 e. The molecule has 0 amide bonds. The van der Waals surface area contributed by atoms with Gasteiger partial charge in [-0.3, -0.25) is 4.68 Å². The fourth-order valence-corrected chi connectivity index (χ4v) is 3.41. The van der Waals surface area contributed by atoms with Gasteiger partial charge in [-0.1, -0.05) is 53.4 Å². The average molecular weight is 348 g/mol. The Kier molecular flexibility index (Phi) is 5.09. The molecule has 0 bridgehead atoms. The topological polar surface area (TPSA) is 29.9 Å². The highest BCUT2D eigenvalue weighted by atomic mass is 79.9. The van der Waals surface area contributed by atoms with Crippen LogP contribution < -0.4 is 5.32 Å². The smallest absolute Gasteiger partial charge is 0.0762 e. The molecule has 0 saturated heterocycles. The highest BCUT2D eigenvalue weighted by molar-refractivity contribution is 9.10. The highest BCUT2D eigenvalue weighted by Crippen LogP contribution is 2.27. The van der Waals surface area contributed by atoms with E-state index < -0.39 is 0 Å². The van der Waals surface area contributed by atoms with E-state index in [4.69, 9.17) is 5.10 Å². The van der Waals surface area contributed by atoms with Gasteiger partial charge in [-0.15, -0.1) is 0 Å². The van der Waals surface area contributed by atoms with Crippen LogP contribution in [0, 0.1) is 0 Å². The summed E-state index contributed by atoms with van der Waals surface area (Å²) in [7, 11) is 0. The number of nitrogens with one attached hydrogen (secondary N) is 1. The molecule has 1 aromatic carbocycles. The highest BCUT2D eigenvalue weighted by Gasteiger charge is 2.15. The summed E-state index contributed by atoms with van der Waals surface area (Å²) in [5.41, 5.74) is 2.41. The van der Waals surface area contributed by atoms with E-state index >= 15 is 0 Å². The molecule has 3 rings (SSSR count). The average Bonchev–Trinajstić information content (AvgIpc) is 2.99. The van der Waals surface area contributed by atoms with Gasteiger partial charge < -0.3 is 5.32 Å². The SMILES string of the molecule is Brc1ccccc1CNCc1ccn(C2CCCCC2)n1. The molecular weight excluding hydrogens is 326 g/mol.